The topological polar surface area (TPSA) is 161 Å². The van der Waals surface area contributed by atoms with Crippen LogP contribution >= 0.6 is 0 Å². The minimum Gasteiger partial charge on any atom is -0.497 e. The van der Waals surface area contributed by atoms with Crippen molar-refractivity contribution in [1.82, 2.24) is 25.4 Å². The van der Waals surface area contributed by atoms with Crippen molar-refractivity contribution in [2.75, 3.05) is 21.2 Å². The zero-order chi connectivity index (χ0) is 33.2. The second-order valence-corrected chi connectivity index (χ2v) is 9.10. The smallest absolute Gasteiger partial charge is 0.490 e. The molecule has 4 rings (SSSR count). The van der Waals surface area contributed by atoms with Crippen LogP contribution in [-0.4, -0.2) is 81.7 Å². The van der Waals surface area contributed by atoms with Crippen molar-refractivity contribution in [1.29, 1.82) is 0 Å². The molecule has 0 atom stereocenters. The average Bonchev–Trinajstić information content (AvgIpc) is 3.60. The molecule has 0 unspecified atom stereocenters. The SMILES string of the molecule is COc1cccc(CNC(=O)c2[nH]c3cc(-c4cn[nH]c4)ccc3c2CN(C)C)c1.O=C(O)C(F)(F)F.O=C(O)C(F)(F)F. The molecule has 0 saturated carbocycles. The van der Waals surface area contributed by atoms with E-state index in [0.717, 1.165) is 38.9 Å². The maximum absolute atomic E-state index is 13.1. The number of halogens is 6. The van der Waals surface area contributed by atoms with E-state index in [9.17, 15) is 31.1 Å². The predicted molar refractivity (Wildman–Crippen MR) is 145 cm³/mol. The van der Waals surface area contributed by atoms with Gasteiger partial charge in [0.15, 0.2) is 0 Å². The lowest BCUT2D eigenvalue weighted by Gasteiger charge is -2.12. The number of fused-ring (bicyclic) bond motifs is 1. The Balaban J connectivity index is 0.000000402. The summed E-state index contributed by atoms with van der Waals surface area (Å²) < 4.78 is 68.7. The Morgan fingerprint density at radius 3 is 2.07 bits per heavy atom. The van der Waals surface area contributed by atoms with E-state index in [2.05, 4.69) is 43.6 Å². The molecule has 0 saturated heterocycles. The summed E-state index contributed by atoms with van der Waals surface area (Å²) >= 11 is 0. The zero-order valence-corrected chi connectivity index (χ0v) is 23.3. The van der Waals surface area contributed by atoms with Crippen LogP contribution in [0.5, 0.6) is 5.75 Å². The molecular formula is C27H27F6N5O6. The van der Waals surface area contributed by atoms with Gasteiger partial charge in [-0.1, -0.05) is 24.3 Å². The van der Waals surface area contributed by atoms with Crippen molar-refractivity contribution in [3.8, 4) is 16.9 Å². The summed E-state index contributed by atoms with van der Waals surface area (Å²) in [6.45, 7) is 1.08. The Hall–Kier alpha value is -5.06. The second kappa shape index (κ2) is 14.9. The maximum atomic E-state index is 13.1. The molecule has 2 aromatic carbocycles. The summed E-state index contributed by atoms with van der Waals surface area (Å²) in [7, 11) is 5.63. The molecular weight excluding hydrogens is 604 g/mol. The third kappa shape index (κ3) is 10.3. The van der Waals surface area contributed by atoms with Gasteiger partial charge in [-0.05, 0) is 43.4 Å². The number of aromatic nitrogens is 3. The number of ether oxygens (including phenoxy) is 1. The van der Waals surface area contributed by atoms with Gasteiger partial charge in [0.2, 0.25) is 0 Å². The number of hydrogen-bond donors (Lipinski definition) is 5. The van der Waals surface area contributed by atoms with Gasteiger partial charge < -0.3 is 30.2 Å². The largest absolute Gasteiger partial charge is 0.497 e. The van der Waals surface area contributed by atoms with E-state index in [4.69, 9.17) is 24.5 Å². The van der Waals surface area contributed by atoms with Gasteiger partial charge in [0.1, 0.15) is 11.4 Å². The van der Waals surface area contributed by atoms with Crippen LogP contribution in [0.2, 0.25) is 0 Å². The molecule has 2 aromatic heterocycles. The minimum absolute atomic E-state index is 0.129. The van der Waals surface area contributed by atoms with Crippen LogP contribution in [0.4, 0.5) is 26.3 Å². The highest BCUT2D eigenvalue weighted by molar-refractivity contribution is 6.01. The third-order valence-electron chi connectivity index (χ3n) is 5.51. The fourth-order valence-electron chi connectivity index (χ4n) is 3.57. The normalized spacial score (nSPS) is 11.2. The quantitative estimate of drug-likeness (QED) is 0.182. The van der Waals surface area contributed by atoms with E-state index < -0.39 is 24.3 Å². The monoisotopic (exact) mass is 631 g/mol. The standard InChI is InChI=1S/C23H25N5O2.2C2HF3O2/c1-28(2)14-20-19-8-7-16(17-12-25-26-13-17)10-21(19)27-22(20)23(29)24-11-15-5-4-6-18(9-15)30-3;2*3-2(4,5)1(6)7/h4-10,12-13,27H,11,14H2,1-3H3,(H,24,29)(H,25,26);2*(H,6,7). The van der Waals surface area contributed by atoms with Crippen LogP contribution in [0.3, 0.4) is 0 Å². The molecule has 44 heavy (non-hydrogen) atoms. The highest BCUT2D eigenvalue weighted by atomic mass is 19.4. The number of carboxylic acids is 2. The van der Waals surface area contributed by atoms with Crippen molar-refractivity contribution in [2.45, 2.75) is 25.4 Å². The number of carbonyl (C=O) groups excluding carboxylic acids is 1. The van der Waals surface area contributed by atoms with Crippen molar-refractivity contribution in [3.63, 3.8) is 0 Å². The van der Waals surface area contributed by atoms with Crippen molar-refractivity contribution in [2.24, 2.45) is 0 Å². The third-order valence-corrected chi connectivity index (χ3v) is 5.51. The first kappa shape index (κ1) is 35.1. The molecule has 0 aliphatic carbocycles. The number of alkyl halides is 6. The zero-order valence-electron chi connectivity index (χ0n) is 23.3. The summed E-state index contributed by atoms with van der Waals surface area (Å²) in [6, 6.07) is 13.9. The van der Waals surface area contributed by atoms with E-state index in [1.165, 1.54) is 0 Å². The summed E-state index contributed by atoms with van der Waals surface area (Å²) in [5.74, 6) is -4.87. The number of H-pyrrole nitrogens is 2. The van der Waals surface area contributed by atoms with Crippen LogP contribution in [0, 0.1) is 0 Å². The van der Waals surface area contributed by atoms with E-state index in [1.54, 1.807) is 13.3 Å². The van der Waals surface area contributed by atoms with Gasteiger partial charge in [0.05, 0.1) is 13.3 Å². The van der Waals surface area contributed by atoms with Gasteiger partial charge in [0.25, 0.3) is 5.91 Å². The average molecular weight is 632 g/mol. The minimum atomic E-state index is -5.08. The summed E-state index contributed by atoms with van der Waals surface area (Å²) in [5.41, 5.74) is 5.53. The molecule has 17 heteroatoms. The molecule has 4 aromatic rings. The Morgan fingerprint density at radius 2 is 1.57 bits per heavy atom. The molecule has 11 nitrogen and oxygen atoms in total. The number of carbonyl (C=O) groups is 3. The molecule has 0 aliphatic rings. The highest BCUT2D eigenvalue weighted by Gasteiger charge is 2.38. The van der Waals surface area contributed by atoms with Gasteiger partial charge >= 0.3 is 24.3 Å². The first-order valence-electron chi connectivity index (χ1n) is 12.2. The molecule has 0 fully saturated rings. The Labute approximate surface area is 245 Å². The lowest BCUT2D eigenvalue weighted by Crippen LogP contribution is -2.25. The Kier molecular flexibility index (Phi) is 11.9. The molecule has 5 N–H and O–H groups in total. The molecule has 2 heterocycles. The number of aliphatic carboxylic acids is 2. The Morgan fingerprint density at radius 1 is 0.955 bits per heavy atom. The van der Waals surface area contributed by atoms with E-state index in [1.807, 2.05) is 44.6 Å². The van der Waals surface area contributed by atoms with Crippen LogP contribution in [-0.2, 0) is 22.7 Å². The number of hydrogen-bond acceptors (Lipinski definition) is 6. The molecule has 0 spiro atoms. The summed E-state index contributed by atoms with van der Waals surface area (Å²) in [6.07, 6.45) is -6.53. The molecule has 0 aliphatic heterocycles. The van der Waals surface area contributed by atoms with Gasteiger partial charge in [-0.15, -0.1) is 0 Å². The molecule has 0 radical (unpaired) electrons. The van der Waals surface area contributed by atoms with Gasteiger partial charge in [0, 0.05) is 41.3 Å². The number of carboxylic acid groups (broad SMARTS) is 2. The number of nitrogens with one attached hydrogen (secondary N) is 3. The van der Waals surface area contributed by atoms with Crippen LogP contribution in [0.25, 0.3) is 22.0 Å². The number of aromatic amines is 2. The van der Waals surface area contributed by atoms with Gasteiger partial charge in [-0.25, -0.2) is 9.59 Å². The summed E-state index contributed by atoms with van der Waals surface area (Å²) in [5, 5.41) is 25.2. The number of amides is 1. The van der Waals surface area contributed by atoms with Crippen LogP contribution in [0.15, 0.2) is 54.9 Å². The Bertz CT molecular complexity index is 1540. The molecule has 0 bridgehead atoms. The number of rotatable bonds is 7. The molecule has 1 amide bonds. The fraction of sp³-hybridized carbons (Fsp3) is 0.259. The highest BCUT2D eigenvalue weighted by Crippen LogP contribution is 2.28. The van der Waals surface area contributed by atoms with Crippen molar-refractivity contribution in [3.05, 3.63) is 71.7 Å². The van der Waals surface area contributed by atoms with E-state index >= 15 is 0 Å². The number of methoxy groups -OCH3 is 1. The first-order chi connectivity index (χ1) is 20.4. The summed E-state index contributed by atoms with van der Waals surface area (Å²) in [4.78, 5) is 36.2. The first-order valence-corrected chi connectivity index (χ1v) is 12.2. The molecule has 238 valence electrons. The van der Waals surface area contributed by atoms with E-state index in [0.29, 0.717) is 18.8 Å². The van der Waals surface area contributed by atoms with E-state index in [-0.39, 0.29) is 5.91 Å². The van der Waals surface area contributed by atoms with Crippen LogP contribution in [0.1, 0.15) is 21.6 Å². The fourth-order valence-corrected chi connectivity index (χ4v) is 3.57. The van der Waals surface area contributed by atoms with Gasteiger partial charge in [-0.2, -0.15) is 31.4 Å². The van der Waals surface area contributed by atoms with Gasteiger partial charge in [-0.3, -0.25) is 9.89 Å². The lowest BCUT2D eigenvalue weighted by atomic mass is 10.0. The number of benzene rings is 2. The second-order valence-electron chi connectivity index (χ2n) is 9.10. The van der Waals surface area contributed by atoms with Crippen LogP contribution < -0.4 is 10.1 Å². The predicted octanol–water partition coefficient (Wildman–Crippen LogP) is 4.82. The van der Waals surface area contributed by atoms with Crippen molar-refractivity contribution < 1.29 is 55.7 Å². The maximum Gasteiger partial charge on any atom is 0.490 e. The lowest BCUT2D eigenvalue weighted by molar-refractivity contribution is -0.193. The van der Waals surface area contributed by atoms with Crippen molar-refractivity contribution >= 4 is 28.7 Å². The number of nitrogens with zero attached hydrogens (tertiary/aromatic N) is 2.